The number of ether oxygens (including phenoxy) is 1. The number of rotatable bonds is 5. The topological polar surface area (TPSA) is 86.6 Å². The summed E-state index contributed by atoms with van der Waals surface area (Å²) in [6, 6.07) is 7.29. The number of allylic oxidation sites excluding steroid dienone is 1. The van der Waals surface area contributed by atoms with Gasteiger partial charge in [-0.25, -0.2) is 4.79 Å². The average Bonchev–Trinajstić information content (AvgIpc) is 3.05. The Morgan fingerprint density at radius 1 is 1.32 bits per heavy atom. The van der Waals surface area contributed by atoms with Gasteiger partial charge in [-0.05, 0) is 18.9 Å². The van der Waals surface area contributed by atoms with Crippen molar-refractivity contribution in [3.8, 4) is 0 Å². The molecule has 2 atom stereocenters. The summed E-state index contributed by atoms with van der Waals surface area (Å²) in [4.78, 5) is 44.5. The van der Waals surface area contributed by atoms with Crippen LogP contribution in [-0.4, -0.2) is 36.4 Å². The Kier molecular flexibility index (Phi) is 4.24. The SMILES string of the molecule is C=CC[C@]12CCC(=O)n3c1c(c1ccccc13)[C@@](NOC)(C(=O)OC)C(=O)C2. The van der Waals surface area contributed by atoms with Gasteiger partial charge in [-0.15, -0.1) is 6.58 Å². The first-order valence-corrected chi connectivity index (χ1v) is 9.17. The fourth-order valence-electron chi connectivity index (χ4n) is 4.93. The summed E-state index contributed by atoms with van der Waals surface area (Å²) in [7, 11) is 2.58. The van der Waals surface area contributed by atoms with Crippen LogP contribution < -0.4 is 5.48 Å². The highest BCUT2D eigenvalue weighted by molar-refractivity contribution is 6.15. The predicted molar refractivity (Wildman–Crippen MR) is 102 cm³/mol. The van der Waals surface area contributed by atoms with Gasteiger partial charge in [0.25, 0.3) is 0 Å². The molecule has 28 heavy (non-hydrogen) atoms. The number of carbonyl (C=O) groups excluding carboxylic acids is 3. The molecule has 1 aliphatic carbocycles. The second kappa shape index (κ2) is 6.39. The van der Waals surface area contributed by atoms with E-state index in [4.69, 9.17) is 9.57 Å². The fraction of sp³-hybridized carbons (Fsp3) is 0.381. The fourth-order valence-corrected chi connectivity index (χ4v) is 4.93. The normalized spacial score (nSPS) is 26.2. The molecule has 2 aliphatic rings. The summed E-state index contributed by atoms with van der Waals surface area (Å²) in [5.41, 5.74) is 2.01. The summed E-state index contributed by atoms with van der Waals surface area (Å²) in [5.74, 6) is -1.15. The minimum absolute atomic E-state index is 0.0531. The maximum absolute atomic E-state index is 13.5. The number of para-hydroxylation sites is 1. The molecule has 1 N–H and O–H groups in total. The smallest absolute Gasteiger partial charge is 0.340 e. The molecule has 2 heterocycles. The van der Waals surface area contributed by atoms with Gasteiger partial charge in [-0.2, -0.15) is 5.48 Å². The van der Waals surface area contributed by atoms with Gasteiger partial charge in [0, 0.05) is 34.9 Å². The minimum Gasteiger partial charge on any atom is -0.467 e. The van der Waals surface area contributed by atoms with Crippen LogP contribution in [0, 0.1) is 0 Å². The van der Waals surface area contributed by atoms with E-state index in [1.807, 2.05) is 24.3 Å². The van der Waals surface area contributed by atoms with Gasteiger partial charge < -0.3 is 9.57 Å². The van der Waals surface area contributed by atoms with Crippen molar-refractivity contribution in [2.24, 2.45) is 0 Å². The third kappa shape index (κ3) is 2.14. The molecule has 0 radical (unpaired) electrons. The standard InChI is InChI=1S/C21H22N2O5/c1-4-10-20-11-9-16(25)23-14-8-6-5-7-13(14)17(18(20)23)21(22-28-3,15(24)12-20)19(26)27-2/h4-8,22H,1,9-12H2,2-3H3/t20-,21-/m1/s1. The van der Waals surface area contributed by atoms with Crippen LogP contribution in [0.3, 0.4) is 0 Å². The van der Waals surface area contributed by atoms with E-state index < -0.39 is 16.9 Å². The van der Waals surface area contributed by atoms with E-state index in [2.05, 4.69) is 12.1 Å². The van der Waals surface area contributed by atoms with Gasteiger partial charge in [-0.1, -0.05) is 24.3 Å². The summed E-state index contributed by atoms with van der Waals surface area (Å²) < 4.78 is 6.69. The number of Topliss-reactive ketones (excluding diaryl/α,β-unsaturated/α-hetero) is 1. The summed E-state index contributed by atoms with van der Waals surface area (Å²) in [5, 5.41) is 0.657. The number of esters is 1. The van der Waals surface area contributed by atoms with Crippen LogP contribution >= 0.6 is 0 Å². The molecule has 0 saturated heterocycles. The number of ketones is 1. The van der Waals surface area contributed by atoms with Crippen molar-refractivity contribution < 1.29 is 24.0 Å². The lowest BCUT2D eigenvalue weighted by atomic mass is 9.61. The minimum atomic E-state index is -1.83. The highest BCUT2D eigenvalue weighted by Crippen LogP contribution is 2.53. The molecule has 0 fully saturated rings. The van der Waals surface area contributed by atoms with Crippen molar-refractivity contribution in [2.45, 2.75) is 36.6 Å². The van der Waals surface area contributed by atoms with E-state index >= 15 is 0 Å². The molecule has 2 aromatic rings. The van der Waals surface area contributed by atoms with Crippen molar-refractivity contribution in [1.82, 2.24) is 10.0 Å². The third-order valence-corrected chi connectivity index (χ3v) is 6.02. The Hall–Kier alpha value is -2.77. The molecule has 0 bridgehead atoms. The largest absolute Gasteiger partial charge is 0.467 e. The number of methoxy groups -OCH3 is 1. The summed E-state index contributed by atoms with van der Waals surface area (Å²) >= 11 is 0. The molecular formula is C21H22N2O5. The summed E-state index contributed by atoms with van der Waals surface area (Å²) in [6.07, 6.45) is 3.23. The zero-order chi connectivity index (χ0) is 20.1. The number of hydrogen-bond donors (Lipinski definition) is 1. The Morgan fingerprint density at radius 2 is 2.07 bits per heavy atom. The summed E-state index contributed by atoms with van der Waals surface area (Å²) in [6.45, 7) is 3.86. The number of hydrogen-bond acceptors (Lipinski definition) is 6. The van der Waals surface area contributed by atoms with Gasteiger partial charge >= 0.3 is 5.97 Å². The van der Waals surface area contributed by atoms with Crippen molar-refractivity contribution in [3.05, 3.63) is 48.2 Å². The van der Waals surface area contributed by atoms with Gasteiger partial charge in [-0.3, -0.25) is 14.2 Å². The van der Waals surface area contributed by atoms with E-state index in [0.29, 0.717) is 41.4 Å². The molecule has 1 aromatic carbocycles. The second-order valence-electron chi connectivity index (χ2n) is 7.39. The lowest BCUT2D eigenvalue weighted by Crippen LogP contribution is -2.61. The van der Waals surface area contributed by atoms with Gasteiger partial charge in [0.2, 0.25) is 11.4 Å². The lowest BCUT2D eigenvalue weighted by molar-refractivity contribution is -0.163. The lowest BCUT2D eigenvalue weighted by Gasteiger charge is -2.45. The Balaban J connectivity index is 2.21. The van der Waals surface area contributed by atoms with Crippen LogP contribution in [0.5, 0.6) is 0 Å². The quantitative estimate of drug-likeness (QED) is 0.370. The van der Waals surface area contributed by atoms with Gasteiger partial charge in [0.1, 0.15) is 0 Å². The zero-order valence-corrected chi connectivity index (χ0v) is 15.9. The predicted octanol–water partition coefficient (Wildman–Crippen LogP) is 2.38. The van der Waals surface area contributed by atoms with Crippen molar-refractivity contribution in [1.29, 1.82) is 0 Å². The molecule has 0 spiro atoms. The molecule has 1 aliphatic heterocycles. The first kappa shape index (κ1) is 18.6. The molecule has 0 amide bonds. The molecule has 4 rings (SSSR count). The highest BCUT2D eigenvalue weighted by Gasteiger charge is 2.61. The first-order valence-electron chi connectivity index (χ1n) is 9.17. The van der Waals surface area contributed by atoms with Crippen LogP contribution in [0.15, 0.2) is 36.9 Å². The number of carbonyl (C=O) groups is 3. The van der Waals surface area contributed by atoms with Crippen LogP contribution in [-0.2, 0) is 30.1 Å². The molecular weight excluding hydrogens is 360 g/mol. The number of hydroxylamine groups is 1. The van der Waals surface area contributed by atoms with E-state index in [9.17, 15) is 14.4 Å². The van der Waals surface area contributed by atoms with Gasteiger partial charge in [0.15, 0.2) is 5.78 Å². The monoisotopic (exact) mass is 382 g/mol. The molecule has 7 nitrogen and oxygen atoms in total. The van der Waals surface area contributed by atoms with E-state index in [1.165, 1.54) is 14.2 Å². The number of benzene rings is 1. The van der Waals surface area contributed by atoms with Crippen molar-refractivity contribution in [3.63, 3.8) is 0 Å². The third-order valence-electron chi connectivity index (χ3n) is 6.02. The Bertz CT molecular complexity index is 1020. The average molecular weight is 382 g/mol. The second-order valence-corrected chi connectivity index (χ2v) is 7.39. The molecule has 146 valence electrons. The molecule has 1 aromatic heterocycles. The number of nitrogens with zero attached hydrogens (tertiary/aromatic N) is 1. The Labute approximate surface area is 162 Å². The van der Waals surface area contributed by atoms with Crippen LogP contribution in [0.4, 0.5) is 0 Å². The van der Waals surface area contributed by atoms with Crippen LogP contribution in [0.2, 0.25) is 0 Å². The van der Waals surface area contributed by atoms with Crippen LogP contribution in [0.25, 0.3) is 10.9 Å². The van der Waals surface area contributed by atoms with E-state index in [1.54, 1.807) is 10.6 Å². The molecule has 0 saturated carbocycles. The maximum Gasteiger partial charge on any atom is 0.340 e. The van der Waals surface area contributed by atoms with Gasteiger partial charge in [0.05, 0.1) is 19.7 Å². The Morgan fingerprint density at radius 3 is 2.75 bits per heavy atom. The van der Waals surface area contributed by atoms with Crippen LogP contribution in [0.1, 0.15) is 41.7 Å². The zero-order valence-electron chi connectivity index (χ0n) is 15.9. The van der Waals surface area contributed by atoms with Crippen molar-refractivity contribution >= 4 is 28.6 Å². The van der Waals surface area contributed by atoms with E-state index in [0.717, 1.165) is 0 Å². The number of nitrogens with one attached hydrogen (secondary N) is 1. The first-order chi connectivity index (χ1) is 13.5. The molecule has 0 unspecified atom stereocenters. The van der Waals surface area contributed by atoms with Crippen molar-refractivity contribution in [2.75, 3.05) is 14.2 Å². The number of aromatic nitrogens is 1. The maximum atomic E-state index is 13.5. The highest BCUT2D eigenvalue weighted by atomic mass is 16.6. The molecule has 7 heteroatoms. The number of fused-ring (bicyclic) bond motifs is 3. The van der Waals surface area contributed by atoms with E-state index in [-0.39, 0.29) is 18.1 Å².